The van der Waals surface area contributed by atoms with Crippen LogP contribution in [0, 0.1) is 0 Å². The number of methoxy groups -OCH3 is 1. The molecule has 1 aromatic rings. The Kier molecular flexibility index (Phi) is 7.11. The minimum atomic E-state index is -0.573. The highest BCUT2D eigenvalue weighted by molar-refractivity contribution is 5.95. The number of urea groups is 1. The van der Waals surface area contributed by atoms with E-state index in [1.165, 1.54) is 7.11 Å². The molecule has 2 aliphatic heterocycles. The molecule has 1 aromatic carbocycles. The largest absolute Gasteiger partial charge is 0.494 e. The third kappa shape index (κ3) is 5.27. The fourth-order valence-corrected chi connectivity index (χ4v) is 3.75. The first-order valence-electron chi connectivity index (χ1n) is 10.0. The summed E-state index contributed by atoms with van der Waals surface area (Å²) in [5.74, 6) is 0.298. The monoisotopic (exact) mass is 402 g/mol. The molecule has 158 valence electrons. The van der Waals surface area contributed by atoms with Crippen molar-refractivity contribution >= 4 is 12.0 Å². The molecule has 0 spiro atoms. The van der Waals surface area contributed by atoms with E-state index in [0.29, 0.717) is 24.4 Å². The third-order valence-corrected chi connectivity index (χ3v) is 5.28. The minimum Gasteiger partial charge on any atom is -0.494 e. The summed E-state index contributed by atoms with van der Waals surface area (Å²) in [6.45, 7) is 6.79. The van der Waals surface area contributed by atoms with Crippen LogP contribution in [0.15, 0.2) is 35.5 Å². The van der Waals surface area contributed by atoms with Crippen LogP contribution in [0.5, 0.6) is 5.75 Å². The average Bonchev–Trinajstić information content (AvgIpc) is 2.92. The number of nitrogens with zero attached hydrogens (tertiary/aromatic N) is 2. The number of rotatable bonds is 6. The maximum atomic E-state index is 12.7. The lowest BCUT2D eigenvalue weighted by atomic mass is 9.95. The van der Waals surface area contributed by atoms with Crippen molar-refractivity contribution < 1.29 is 19.1 Å². The van der Waals surface area contributed by atoms with Crippen LogP contribution in [0.3, 0.4) is 0 Å². The van der Waals surface area contributed by atoms with Crippen LogP contribution in [0.2, 0.25) is 0 Å². The molecule has 0 aliphatic carbocycles. The Labute approximate surface area is 171 Å². The molecule has 0 saturated carbocycles. The molecule has 2 heterocycles. The van der Waals surface area contributed by atoms with Crippen molar-refractivity contribution in [1.82, 2.24) is 20.4 Å². The average molecular weight is 402 g/mol. The standard InChI is InChI=1S/C21H30N4O4/c1-4-29-16-8-6-15(7-9-16)19-18(20(26)28-3)17(22-21(27)23-19)14-25-11-5-10-24(2)12-13-25/h6-9,19H,4-5,10-14H2,1-3H3,(H2,22,23,27)/t19-/m0/s1. The van der Waals surface area contributed by atoms with E-state index in [-0.39, 0.29) is 6.03 Å². The van der Waals surface area contributed by atoms with Gasteiger partial charge in [0.1, 0.15) is 5.75 Å². The summed E-state index contributed by atoms with van der Waals surface area (Å²) in [6, 6.07) is 6.51. The van der Waals surface area contributed by atoms with Gasteiger partial charge in [-0.15, -0.1) is 0 Å². The van der Waals surface area contributed by atoms with E-state index in [9.17, 15) is 9.59 Å². The van der Waals surface area contributed by atoms with E-state index < -0.39 is 12.0 Å². The van der Waals surface area contributed by atoms with Gasteiger partial charge in [0.2, 0.25) is 0 Å². The minimum absolute atomic E-state index is 0.321. The fourth-order valence-electron chi connectivity index (χ4n) is 3.75. The Morgan fingerprint density at radius 2 is 1.93 bits per heavy atom. The van der Waals surface area contributed by atoms with Crippen molar-refractivity contribution in [2.24, 2.45) is 0 Å². The number of hydrogen-bond acceptors (Lipinski definition) is 6. The van der Waals surface area contributed by atoms with Gasteiger partial charge in [-0.25, -0.2) is 9.59 Å². The van der Waals surface area contributed by atoms with Gasteiger partial charge in [-0.05, 0) is 51.2 Å². The molecule has 2 N–H and O–H groups in total. The van der Waals surface area contributed by atoms with Gasteiger partial charge in [0.15, 0.2) is 0 Å². The normalized spacial score (nSPS) is 21.2. The summed E-state index contributed by atoms with van der Waals surface area (Å²) in [7, 11) is 3.47. The Morgan fingerprint density at radius 3 is 2.62 bits per heavy atom. The van der Waals surface area contributed by atoms with Crippen molar-refractivity contribution in [3.63, 3.8) is 0 Å². The first-order valence-corrected chi connectivity index (χ1v) is 10.0. The van der Waals surface area contributed by atoms with Gasteiger partial charge in [-0.2, -0.15) is 0 Å². The number of carbonyl (C=O) groups is 2. The molecule has 0 radical (unpaired) electrons. The topological polar surface area (TPSA) is 83.1 Å². The van der Waals surface area contributed by atoms with Crippen molar-refractivity contribution in [2.45, 2.75) is 19.4 Å². The molecule has 1 saturated heterocycles. The van der Waals surface area contributed by atoms with Gasteiger partial charge in [-0.3, -0.25) is 4.90 Å². The number of amides is 2. The van der Waals surface area contributed by atoms with Gasteiger partial charge in [-0.1, -0.05) is 12.1 Å². The molecule has 0 unspecified atom stereocenters. The molecule has 0 bridgehead atoms. The first kappa shape index (κ1) is 21.1. The highest BCUT2D eigenvalue weighted by Gasteiger charge is 2.34. The van der Waals surface area contributed by atoms with Gasteiger partial charge < -0.3 is 25.0 Å². The summed E-state index contributed by atoms with van der Waals surface area (Å²) in [5.41, 5.74) is 1.84. The van der Waals surface area contributed by atoms with E-state index in [1.807, 2.05) is 31.2 Å². The fraction of sp³-hybridized carbons (Fsp3) is 0.524. The van der Waals surface area contributed by atoms with Gasteiger partial charge in [0.05, 0.1) is 25.3 Å². The quantitative estimate of drug-likeness (QED) is 0.702. The van der Waals surface area contributed by atoms with Gasteiger partial charge in [0.25, 0.3) is 0 Å². The zero-order valence-electron chi connectivity index (χ0n) is 17.4. The molecule has 0 aromatic heterocycles. The Hall–Kier alpha value is -2.58. The molecule has 2 amide bonds. The second-order valence-electron chi connectivity index (χ2n) is 7.35. The summed E-state index contributed by atoms with van der Waals surface area (Å²) in [4.78, 5) is 29.6. The molecule has 1 fully saturated rings. The predicted octanol–water partition coefficient (Wildman–Crippen LogP) is 1.50. The van der Waals surface area contributed by atoms with E-state index in [2.05, 4.69) is 27.5 Å². The molecule has 8 nitrogen and oxygen atoms in total. The SMILES string of the molecule is CCOc1ccc([C@@H]2NC(=O)NC(CN3CCCN(C)CC3)=C2C(=O)OC)cc1. The number of esters is 1. The number of ether oxygens (including phenoxy) is 2. The van der Waals surface area contributed by atoms with E-state index in [1.54, 1.807) is 0 Å². The molecule has 8 heteroatoms. The Bertz CT molecular complexity index is 762. The van der Waals surface area contributed by atoms with Crippen molar-refractivity contribution in [3.8, 4) is 5.75 Å². The van der Waals surface area contributed by atoms with E-state index >= 15 is 0 Å². The molecule has 3 rings (SSSR count). The molecule has 29 heavy (non-hydrogen) atoms. The lowest BCUT2D eigenvalue weighted by molar-refractivity contribution is -0.136. The predicted molar refractivity (Wildman–Crippen MR) is 110 cm³/mol. The zero-order valence-corrected chi connectivity index (χ0v) is 17.4. The third-order valence-electron chi connectivity index (χ3n) is 5.28. The van der Waals surface area contributed by atoms with E-state index in [4.69, 9.17) is 9.47 Å². The highest BCUT2D eigenvalue weighted by Crippen LogP contribution is 2.29. The van der Waals surface area contributed by atoms with Gasteiger partial charge >= 0.3 is 12.0 Å². The summed E-state index contributed by atoms with van der Waals surface area (Å²) >= 11 is 0. The maximum absolute atomic E-state index is 12.7. The number of carbonyl (C=O) groups excluding carboxylic acids is 2. The Balaban J connectivity index is 1.90. The lowest BCUT2D eigenvalue weighted by Crippen LogP contribution is -2.48. The van der Waals surface area contributed by atoms with Crippen molar-refractivity contribution in [1.29, 1.82) is 0 Å². The molecular weight excluding hydrogens is 372 g/mol. The smallest absolute Gasteiger partial charge is 0.338 e. The number of hydrogen-bond donors (Lipinski definition) is 2. The lowest BCUT2D eigenvalue weighted by Gasteiger charge is -2.31. The maximum Gasteiger partial charge on any atom is 0.338 e. The number of benzene rings is 1. The second-order valence-corrected chi connectivity index (χ2v) is 7.35. The summed E-state index contributed by atoms with van der Waals surface area (Å²) in [5, 5.41) is 5.70. The van der Waals surface area contributed by atoms with Crippen LogP contribution < -0.4 is 15.4 Å². The highest BCUT2D eigenvalue weighted by atomic mass is 16.5. The van der Waals surface area contributed by atoms with Gasteiger partial charge in [0, 0.05) is 25.3 Å². The Morgan fingerprint density at radius 1 is 1.17 bits per heavy atom. The first-order chi connectivity index (χ1) is 14.0. The van der Waals surface area contributed by atoms with Crippen LogP contribution >= 0.6 is 0 Å². The second kappa shape index (κ2) is 9.76. The van der Waals surface area contributed by atoms with Crippen LogP contribution in [-0.4, -0.2) is 75.3 Å². The molecule has 1 atom stereocenters. The van der Waals surface area contributed by atoms with Crippen LogP contribution in [0.25, 0.3) is 0 Å². The molecular formula is C21H30N4O4. The van der Waals surface area contributed by atoms with Crippen LogP contribution in [0.1, 0.15) is 24.9 Å². The summed E-state index contributed by atoms with van der Waals surface area (Å²) < 4.78 is 10.6. The van der Waals surface area contributed by atoms with Crippen LogP contribution in [-0.2, 0) is 9.53 Å². The zero-order chi connectivity index (χ0) is 20.8. The van der Waals surface area contributed by atoms with Crippen LogP contribution in [0.4, 0.5) is 4.79 Å². The molecule has 2 aliphatic rings. The van der Waals surface area contributed by atoms with E-state index in [0.717, 1.165) is 43.9 Å². The number of likely N-dealkylation sites (N-methyl/N-ethyl adjacent to an activating group) is 1. The summed E-state index contributed by atoms with van der Waals surface area (Å²) in [6.07, 6.45) is 1.05. The van der Waals surface area contributed by atoms with Crippen molar-refractivity contribution in [2.75, 3.05) is 53.5 Å². The number of nitrogens with one attached hydrogen (secondary N) is 2. The van der Waals surface area contributed by atoms with Crippen molar-refractivity contribution in [3.05, 3.63) is 41.1 Å².